The number of nitrogens with zero attached hydrogens (tertiary/aromatic N) is 2. The van der Waals surface area contributed by atoms with Crippen LogP contribution < -0.4 is 0 Å². The molecule has 0 aliphatic carbocycles. The van der Waals surface area contributed by atoms with Gasteiger partial charge >= 0.3 is 5.97 Å². The van der Waals surface area contributed by atoms with Gasteiger partial charge < -0.3 is 9.64 Å². The number of carbonyl (C=O) groups excluding carboxylic acids is 1. The fourth-order valence-corrected chi connectivity index (χ4v) is 1.39. The van der Waals surface area contributed by atoms with E-state index in [1.165, 1.54) is 5.57 Å². The van der Waals surface area contributed by atoms with Crippen LogP contribution in [-0.2, 0) is 9.53 Å². The van der Waals surface area contributed by atoms with Gasteiger partial charge in [0.1, 0.15) is 0 Å². The molecule has 90 valence electrons. The molecule has 0 spiro atoms. The lowest BCUT2D eigenvalue weighted by Crippen LogP contribution is -2.23. The van der Waals surface area contributed by atoms with Gasteiger partial charge in [-0.2, -0.15) is 0 Å². The number of unbranched alkanes of at least 4 members (excludes halogenated alkanes) is 1. The minimum Gasteiger partial charge on any atom is -0.466 e. The third-order valence-corrected chi connectivity index (χ3v) is 2.29. The smallest absolute Gasteiger partial charge is 0.307 e. The Balaban J connectivity index is 2.16. The second-order valence-electron chi connectivity index (χ2n) is 3.99. The van der Waals surface area contributed by atoms with Crippen molar-refractivity contribution in [3.8, 4) is 0 Å². The average molecular weight is 224 g/mol. The summed E-state index contributed by atoms with van der Waals surface area (Å²) in [4.78, 5) is 17.4. The molecule has 0 radical (unpaired) electrons. The molecular weight excluding hydrogens is 204 g/mol. The van der Waals surface area contributed by atoms with Crippen LogP contribution >= 0.6 is 0 Å². The van der Waals surface area contributed by atoms with E-state index in [9.17, 15) is 4.79 Å². The van der Waals surface area contributed by atoms with Crippen LogP contribution in [0.1, 0.15) is 33.1 Å². The summed E-state index contributed by atoms with van der Waals surface area (Å²) in [5.74, 6) is -0.126. The SMILES string of the molecule is CCCCOC(=O)CCN1C=NCC(C)=C1. The van der Waals surface area contributed by atoms with Crippen LogP contribution in [0, 0.1) is 0 Å². The van der Waals surface area contributed by atoms with Gasteiger partial charge in [0.05, 0.1) is 25.9 Å². The van der Waals surface area contributed by atoms with Crippen molar-refractivity contribution < 1.29 is 9.53 Å². The molecule has 0 atom stereocenters. The molecule has 1 aliphatic rings. The van der Waals surface area contributed by atoms with Crippen molar-refractivity contribution >= 4 is 12.3 Å². The summed E-state index contributed by atoms with van der Waals surface area (Å²) >= 11 is 0. The molecule has 0 bridgehead atoms. The summed E-state index contributed by atoms with van der Waals surface area (Å²) < 4.78 is 5.07. The molecule has 0 saturated carbocycles. The highest BCUT2D eigenvalue weighted by Crippen LogP contribution is 2.03. The van der Waals surface area contributed by atoms with Crippen molar-refractivity contribution in [3.63, 3.8) is 0 Å². The minimum absolute atomic E-state index is 0.126. The maximum absolute atomic E-state index is 11.3. The van der Waals surface area contributed by atoms with Gasteiger partial charge in [0.25, 0.3) is 0 Å². The number of rotatable bonds is 6. The van der Waals surface area contributed by atoms with Crippen molar-refractivity contribution in [2.24, 2.45) is 4.99 Å². The highest BCUT2D eigenvalue weighted by molar-refractivity contribution is 5.70. The monoisotopic (exact) mass is 224 g/mol. The van der Waals surface area contributed by atoms with Crippen LogP contribution in [0.2, 0.25) is 0 Å². The summed E-state index contributed by atoms with van der Waals surface area (Å²) in [6.07, 6.45) is 6.20. The Morgan fingerprint density at radius 1 is 1.62 bits per heavy atom. The zero-order valence-electron chi connectivity index (χ0n) is 10.1. The lowest BCUT2D eigenvalue weighted by atomic mass is 10.3. The van der Waals surface area contributed by atoms with Gasteiger partial charge in [-0.05, 0) is 18.9 Å². The summed E-state index contributed by atoms with van der Waals surface area (Å²) in [5, 5.41) is 0. The van der Waals surface area contributed by atoms with E-state index in [1.807, 2.05) is 18.0 Å². The van der Waals surface area contributed by atoms with E-state index in [4.69, 9.17) is 4.74 Å². The van der Waals surface area contributed by atoms with Gasteiger partial charge in [0.2, 0.25) is 0 Å². The van der Waals surface area contributed by atoms with Crippen molar-refractivity contribution in [1.29, 1.82) is 0 Å². The first-order valence-electron chi connectivity index (χ1n) is 5.81. The van der Waals surface area contributed by atoms with E-state index in [0.717, 1.165) is 19.4 Å². The Bertz CT molecular complexity index is 285. The van der Waals surface area contributed by atoms with Gasteiger partial charge in [-0.1, -0.05) is 13.3 Å². The normalized spacial score (nSPS) is 14.9. The van der Waals surface area contributed by atoms with Crippen LogP contribution in [-0.4, -0.2) is 36.9 Å². The number of hydrogen-bond donors (Lipinski definition) is 0. The fraction of sp³-hybridized carbons (Fsp3) is 0.667. The number of ether oxygens (including phenoxy) is 1. The topological polar surface area (TPSA) is 41.9 Å². The summed E-state index contributed by atoms with van der Waals surface area (Å²) in [5.41, 5.74) is 1.21. The molecule has 4 nitrogen and oxygen atoms in total. The van der Waals surface area contributed by atoms with E-state index in [0.29, 0.717) is 19.6 Å². The zero-order chi connectivity index (χ0) is 11.8. The first-order valence-corrected chi connectivity index (χ1v) is 5.81. The molecule has 0 unspecified atom stereocenters. The van der Waals surface area contributed by atoms with E-state index < -0.39 is 0 Å². The molecule has 0 aromatic heterocycles. The molecule has 0 aromatic carbocycles. The number of aliphatic imine (C=N–C) groups is 1. The van der Waals surface area contributed by atoms with Crippen molar-refractivity contribution in [2.75, 3.05) is 19.7 Å². The second-order valence-corrected chi connectivity index (χ2v) is 3.99. The molecule has 16 heavy (non-hydrogen) atoms. The molecule has 1 aliphatic heterocycles. The third kappa shape index (κ3) is 4.96. The highest BCUT2D eigenvalue weighted by atomic mass is 16.5. The summed E-state index contributed by atoms with van der Waals surface area (Å²) in [6, 6.07) is 0. The van der Waals surface area contributed by atoms with Crippen molar-refractivity contribution in [2.45, 2.75) is 33.1 Å². The molecule has 0 N–H and O–H groups in total. The molecule has 4 heteroatoms. The Labute approximate surface area is 97.0 Å². The van der Waals surface area contributed by atoms with E-state index in [1.54, 1.807) is 6.34 Å². The molecule has 0 aromatic rings. The highest BCUT2D eigenvalue weighted by Gasteiger charge is 2.07. The molecule has 1 rings (SSSR count). The number of esters is 1. The Morgan fingerprint density at radius 3 is 3.12 bits per heavy atom. The third-order valence-electron chi connectivity index (χ3n) is 2.29. The van der Waals surface area contributed by atoms with Gasteiger partial charge in [0.15, 0.2) is 0 Å². The Morgan fingerprint density at radius 2 is 2.44 bits per heavy atom. The van der Waals surface area contributed by atoms with Crippen molar-refractivity contribution in [1.82, 2.24) is 4.90 Å². The van der Waals surface area contributed by atoms with Gasteiger partial charge in [-0.15, -0.1) is 0 Å². The first-order chi connectivity index (χ1) is 7.72. The van der Waals surface area contributed by atoms with Crippen LogP contribution in [0.5, 0.6) is 0 Å². The number of hydrogen-bond acceptors (Lipinski definition) is 4. The minimum atomic E-state index is -0.126. The lowest BCUT2D eigenvalue weighted by Gasteiger charge is -2.18. The summed E-state index contributed by atoms with van der Waals surface area (Å²) in [6.45, 7) is 6.05. The van der Waals surface area contributed by atoms with Gasteiger partial charge in [-0.25, -0.2) is 0 Å². The lowest BCUT2D eigenvalue weighted by molar-refractivity contribution is -0.143. The van der Waals surface area contributed by atoms with E-state index in [-0.39, 0.29) is 5.97 Å². The molecule has 1 heterocycles. The van der Waals surface area contributed by atoms with Crippen molar-refractivity contribution in [3.05, 3.63) is 11.8 Å². The van der Waals surface area contributed by atoms with Crippen LogP contribution in [0.15, 0.2) is 16.8 Å². The Kier molecular flexibility index (Phi) is 5.61. The molecule has 0 fully saturated rings. The fourth-order valence-electron chi connectivity index (χ4n) is 1.39. The zero-order valence-corrected chi connectivity index (χ0v) is 10.1. The standard InChI is InChI=1S/C12H20N2O2/c1-3-4-7-16-12(15)5-6-14-9-11(2)8-13-10-14/h9-10H,3-8H2,1-2H3. The summed E-state index contributed by atoms with van der Waals surface area (Å²) in [7, 11) is 0. The van der Waals surface area contributed by atoms with Crippen LogP contribution in [0.3, 0.4) is 0 Å². The number of carbonyl (C=O) groups is 1. The van der Waals surface area contributed by atoms with Crippen LogP contribution in [0.25, 0.3) is 0 Å². The molecule has 0 saturated heterocycles. The quantitative estimate of drug-likeness (QED) is 0.511. The van der Waals surface area contributed by atoms with Crippen LogP contribution in [0.4, 0.5) is 0 Å². The maximum Gasteiger partial charge on any atom is 0.307 e. The maximum atomic E-state index is 11.3. The van der Waals surface area contributed by atoms with Gasteiger partial charge in [-0.3, -0.25) is 9.79 Å². The molecule has 0 amide bonds. The average Bonchev–Trinajstić information content (AvgIpc) is 2.27. The molecular formula is C12H20N2O2. The predicted octanol–water partition coefficient (Wildman–Crippen LogP) is 1.97. The van der Waals surface area contributed by atoms with E-state index >= 15 is 0 Å². The second kappa shape index (κ2) is 7.04. The Hall–Kier alpha value is -1.32. The largest absolute Gasteiger partial charge is 0.466 e. The predicted molar refractivity (Wildman–Crippen MR) is 64.3 cm³/mol. The van der Waals surface area contributed by atoms with E-state index in [2.05, 4.69) is 11.9 Å². The van der Waals surface area contributed by atoms with Gasteiger partial charge in [0, 0.05) is 12.7 Å². The first kappa shape index (κ1) is 12.7.